The first-order valence-corrected chi connectivity index (χ1v) is 4.87. The van der Waals surface area contributed by atoms with E-state index in [0.717, 1.165) is 0 Å². The standard InChI is InChI=1S/C9H14ClN3O/c1-6(2)7(5-14)13-9-8(10)11-3-4-12-9/h3-4,6-7,14H,5H2,1-2H3,(H,12,13). The van der Waals surface area contributed by atoms with Crippen molar-refractivity contribution < 1.29 is 5.11 Å². The molecule has 0 aromatic carbocycles. The highest BCUT2D eigenvalue weighted by atomic mass is 35.5. The van der Waals surface area contributed by atoms with Crippen LogP contribution >= 0.6 is 11.6 Å². The number of hydrogen-bond acceptors (Lipinski definition) is 4. The van der Waals surface area contributed by atoms with Crippen LogP contribution in [-0.4, -0.2) is 27.7 Å². The van der Waals surface area contributed by atoms with Crippen LogP contribution in [0.15, 0.2) is 12.4 Å². The Bertz CT molecular complexity index is 293. The Hall–Kier alpha value is -0.870. The van der Waals surface area contributed by atoms with Crippen LogP contribution in [0.5, 0.6) is 0 Å². The first-order chi connectivity index (χ1) is 6.65. The molecule has 78 valence electrons. The van der Waals surface area contributed by atoms with Crippen LogP contribution in [0.4, 0.5) is 5.82 Å². The fourth-order valence-corrected chi connectivity index (χ4v) is 1.18. The summed E-state index contributed by atoms with van der Waals surface area (Å²) >= 11 is 5.81. The van der Waals surface area contributed by atoms with E-state index in [9.17, 15) is 0 Å². The highest BCUT2D eigenvalue weighted by Crippen LogP contribution is 2.17. The Kier molecular flexibility index (Phi) is 4.10. The number of anilines is 1. The molecule has 1 aromatic heterocycles. The molecule has 0 aliphatic heterocycles. The van der Waals surface area contributed by atoms with Crippen molar-refractivity contribution in [3.8, 4) is 0 Å². The van der Waals surface area contributed by atoms with Gasteiger partial charge in [0.1, 0.15) is 0 Å². The van der Waals surface area contributed by atoms with E-state index in [1.807, 2.05) is 13.8 Å². The Morgan fingerprint density at radius 3 is 2.57 bits per heavy atom. The molecule has 4 nitrogen and oxygen atoms in total. The maximum atomic E-state index is 9.09. The molecule has 14 heavy (non-hydrogen) atoms. The zero-order chi connectivity index (χ0) is 10.6. The van der Waals surface area contributed by atoms with Crippen LogP contribution in [0.25, 0.3) is 0 Å². The van der Waals surface area contributed by atoms with Crippen LogP contribution in [0.1, 0.15) is 13.8 Å². The average Bonchev–Trinajstić information content (AvgIpc) is 2.16. The lowest BCUT2D eigenvalue weighted by Crippen LogP contribution is -2.30. The van der Waals surface area contributed by atoms with Gasteiger partial charge in [-0.15, -0.1) is 0 Å². The first-order valence-electron chi connectivity index (χ1n) is 4.49. The maximum absolute atomic E-state index is 9.09. The lowest BCUT2D eigenvalue weighted by atomic mass is 10.1. The van der Waals surface area contributed by atoms with Crippen molar-refractivity contribution in [2.75, 3.05) is 11.9 Å². The lowest BCUT2D eigenvalue weighted by Gasteiger charge is -2.20. The number of halogens is 1. The minimum atomic E-state index is -0.0517. The molecule has 1 aromatic rings. The van der Waals surface area contributed by atoms with Gasteiger partial charge in [-0.3, -0.25) is 0 Å². The number of hydrogen-bond donors (Lipinski definition) is 2. The Morgan fingerprint density at radius 2 is 2.07 bits per heavy atom. The van der Waals surface area contributed by atoms with Crippen molar-refractivity contribution >= 4 is 17.4 Å². The van der Waals surface area contributed by atoms with Crippen LogP contribution in [0.3, 0.4) is 0 Å². The van der Waals surface area contributed by atoms with E-state index in [0.29, 0.717) is 16.9 Å². The second kappa shape index (κ2) is 5.12. The van der Waals surface area contributed by atoms with Crippen molar-refractivity contribution in [1.82, 2.24) is 9.97 Å². The van der Waals surface area contributed by atoms with Gasteiger partial charge in [-0.1, -0.05) is 25.4 Å². The topological polar surface area (TPSA) is 58.0 Å². The van der Waals surface area contributed by atoms with Crippen molar-refractivity contribution in [2.24, 2.45) is 5.92 Å². The Balaban J connectivity index is 2.72. The van der Waals surface area contributed by atoms with Crippen LogP contribution in [0.2, 0.25) is 5.15 Å². The van der Waals surface area contributed by atoms with Crippen LogP contribution in [-0.2, 0) is 0 Å². The molecule has 0 spiro atoms. The molecule has 0 radical (unpaired) electrons. The summed E-state index contributed by atoms with van der Waals surface area (Å²) < 4.78 is 0. The van der Waals surface area contributed by atoms with Crippen molar-refractivity contribution in [1.29, 1.82) is 0 Å². The van der Waals surface area contributed by atoms with Gasteiger partial charge >= 0.3 is 0 Å². The van der Waals surface area contributed by atoms with E-state index in [4.69, 9.17) is 16.7 Å². The molecular formula is C9H14ClN3O. The summed E-state index contributed by atoms with van der Waals surface area (Å²) in [5.41, 5.74) is 0. The summed E-state index contributed by atoms with van der Waals surface area (Å²) in [5, 5.41) is 12.5. The largest absolute Gasteiger partial charge is 0.394 e. The highest BCUT2D eigenvalue weighted by Gasteiger charge is 2.13. The second-order valence-electron chi connectivity index (χ2n) is 3.37. The van der Waals surface area contributed by atoms with Gasteiger partial charge in [0.15, 0.2) is 11.0 Å². The van der Waals surface area contributed by atoms with E-state index in [1.165, 1.54) is 6.20 Å². The molecule has 0 saturated carbocycles. The molecule has 1 atom stereocenters. The summed E-state index contributed by atoms with van der Waals surface area (Å²) in [7, 11) is 0. The number of aromatic nitrogens is 2. The highest BCUT2D eigenvalue weighted by molar-refractivity contribution is 6.31. The van der Waals surface area contributed by atoms with Gasteiger partial charge in [0, 0.05) is 12.4 Å². The molecule has 0 amide bonds. The minimum absolute atomic E-state index is 0.0462. The predicted octanol–water partition coefficient (Wildman–Crippen LogP) is 1.56. The number of aliphatic hydroxyl groups is 1. The number of aliphatic hydroxyl groups excluding tert-OH is 1. The third-order valence-electron chi connectivity index (χ3n) is 1.98. The van der Waals surface area contributed by atoms with E-state index < -0.39 is 0 Å². The molecule has 0 aliphatic carbocycles. The fourth-order valence-electron chi connectivity index (χ4n) is 1.02. The molecule has 1 heterocycles. The molecular weight excluding hydrogens is 202 g/mol. The summed E-state index contributed by atoms with van der Waals surface area (Å²) in [4.78, 5) is 7.92. The van der Waals surface area contributed by atoms with Crippen molar-refractivity contribution in [3.63, 3.8) is 0 Å². The van der Waals surface area contributed by atoms with Gasteiger partial charge in [-0.2, -0.15) is 0 Å². The van der Waals surface area contributed by atoms with Crippen LogP contribution < -0.4 is 5.32 Å². The molecule has 0 saturated heterocycles. The lowest BCUT2D eigenvalue weighted by molar-refractivity contribution is 0.249. The molecule has 5 heteroatoms. The van der Waals surface area contributed by atoms with Gasteiger partial charge in [-0.25, -0.2) is 9.97 Å². The zero-order valence-electron chi connectivity index (χ0n) is 8.24. The first kappa shape index (κ1) is 11.2. The van der Waals surface area contributed by atoms with Crippen molar-refractivity contribution in [2.45, 2.75) is 19.9 Å². The fraction of sp³-hybridized carbons (Fsp3) is 0.556. The Labute approximate surface area is 88.3 Å². The number of nitrogens with one attached hydrogen (secondary N) is 1. The predicted molar refractivity (Wildman–Crippen MR) is 56.4 cm³/mol. The Morgan fingerprint density at radius 1 is 1.43 bits per heavy atom. The van der Waals surface area contributed by atoms with Gasteiger partial charge in [-0.05, 0) is 5.92 Å². The molecule has 1 rings (SSSR count). The summed E-state index contributed by atoms with van der Waals surface area (Å²) in [6.45, 7) is 4.07. The second-order valence-corrected chi connectivity index (χ2v) is 3.73. The van der Waals surface area contributed by atoms with Crippen LogP contribution in [0, 0.1) is 5.92 Å². The number of nitrogens with zero attached hydrogens (tertiary/aromatic N) is 2. The minimum Gasteiger partial charge on any atom is -0.394 e. The van der Waals surface area contributed by atoms with E-state index in [2.05, 4.69) is 15.3 Å². The van der Waals surface area contributed by atoms with E-state index >= 15 is 0 Å². The average molecular weight is 216 g/mol. The molecule has 2 N–H and O–H groups in total. The molecule has 0 fully saturated rings. The van der Waals surface area contributed by atoms with Crippen molar-refractivity contribution in [3.05, 3.63) is 17.5 Å². The van der Waals surface area contributed by atoms with Gasteiger partial charge in [0.25, 0.3) is 0 Å². The molecule has 0 aliphatic rings. The number of rotatable bonds is 4. The summed E-state index contributed by atoms with van der Waals surface area (Å²) in [6, 6.07) is -0.0517. The SMILES string of the molecule is CC(C)C(CO)Nc1nccnc1Cl. The normalized spacial score (nSPS) is 12.9. The third kappa shape index (κ3) is 2.82. The molecule has 0 bridgehead atoms. The van der Waals surface area contributed by atoms with E-state index in [-0.39, 0.29) is 12.6 Å². The third-order valence-corrected chi connectivity index (χ3v) is 2.25. The summed E-state index contributed by atoms with van der Waals surface area (Å²) in [6.07, 6.45) is 3.08. The summed E-state index contributed by atoms with van der Waals surface area (Å²) in [5.74, 6) is 0.819. The zero-order valence-corrected chi connectivity index (χ0v) is 8.99. The smallest absolute Gasteiger partial charge is 0.171 e. The molecule has 1 unspecified atom stereocenters. The maximum Gasteiger partial charge on any atom is 0.171 e. The van der Waals surface area contributed by atoms with Gasteiger partial charge in [0.2, 0.25) is 0 Å². The van der Waals surface area contributed by atoms with Gasteiger partial charge < -0.3 is 10.4 Å². The monoisotopic (exact) mass is 215 g/mol. The van der Waals surface area contributed by atoms with E-state index in [1.54, 1.807) is 6.20 Å². The van der Waals surface area contributed by atoms with Gasteiger partial charge in [0.05, 0.1) is 12.6 Å². The quantitative estimate of drug-likeness (QED) is 0.801.